The lowest BCUT2D eigenvalue weighted by molar-refractivity contribution is 0.769. The summed E-state index contributed by atoms with van der Waals surface area (Å²) in [5.41, 5.74) is 14.0. The van der Waals surface area contributed by atoms with Gasteiger partial charge in [0.2, 0.25) is 0 Å². The van der Waals surface area contributed by atoms with E-state index in [1.54, 1.807) is 0 Å². The number of nitrogens with zero attached hydrogens (tertiary/aromatic N) is 3. The van der Waals surface area contributed by atoms with Gasteiger partial charge in [-0.1, -0.05) is 206 Å². The highest BCUT2D eigenvalue weighted by Crippen LogP contribution is 2.58. The van der Waals surface area contributed by atoms with Gasteiger partial charge in [-0.05, 0) is 73.8 Å². The van der Waals surface area contributed by atoms with Gasteiger partial charge in [0.05, 0.1) is 5.41 Å². The Hall–Kier alpha value is -7.79. The highest BCUT2D eigenvalue weighted by molar-refractivity contribution is 7.25. The number of aromatic nitrogens is 3. The maximum absolute atomic E-state index is 5.42. The van der Waals surface area contributed by atoms with Crippen molar-refractivity contribution in [2.45, 2.75) is 5.41 Å². The SMILES string of the molecule is c1ccc(-c2cccc(-c3nc(-c4ccc(-c5ccc6c(c5)sc5ccccc56)cc4)nc(-c4cccc5c4C(c4ccccc4)(c4ccccc4)c4ccccc4-5)n3)c2)cc1. The molecule has 0 unspecified atom stereocenters. The number of hydrogen-bond acceptors (Lipinski definition) is 4. The van der Waals surface area contributed by atoms with Crippen LogP contribution in [0.2, 0.25) is 0 Å². The number of rotatable bonds is 7. The molecule has 3 nitrogen and oxygen atoms in total. The summed E-state index contributed by atoms with van der Waals surface area (Å²) in [6, 6.07) is 80.4. The lowest BCUT2D eigenvalue weighted by Crippen LogP contribution is -2.29. The number of hydrogen-bond donors (Lipinski definition) is 0. The van der Waals surface area contributed by atoms with Crippen LogP contribution in [0.1, 0.15) is 22.3 Å². The van der Waals surface area contributed by atoms with Gasteiger partial charge in [-0.15, -0.1) is 11.3 Å². The molecule has 12 rings (SSSR count). The molecule has 2 heterocycles. The van der Waals surface area contributed by atoms with E-state index < -0.39 is 5.41 Å². The van der Waals surface area contributed by atoms with Crippen molar-refractivity contribution in [1.29, 1.82) is 0 Å². The van der Waals surface area contributed by atoms with Gasteiger partial charge >= 0.3 is 0 Å². The van der Waals surface area contributed by atoms with Crippen LogP contribution in [-0.4, -0.2) is 15.0 Å². The molecule has 1 aliphatic rings. The normalized spacial score (nSPS) is 12.6. The van der Waals surface area contributed by atoms with Gasteiger partial charge in [0, 0.05) is 36.9 Å². The van der Waals surface area contributed by atoms with Crippen molar-refractivity contribution in [3.8, 4) is 67.5 Å². The first-order valence-corrected chi connectivity index (χ1v) is 21.8. The van der Waals surface area contributed by atoms with Crippen molar-refractivity contribution in [2.75, 3.05) is 0 Å². The molecule has 290 valence electrons. The highest BCUT2D eigenvalue weighted by atomic mass is 32.1. The molecular formula is C58H37N3S. The van der Waals surface area contributed by atoms with Crippen LogP contribution >= 0.6 is 11.3 Å². The molecule has 0 saturated carbocycles. The van der Waals surface area contributed by atoms with E-state index >= 15 is 0 Å². The van der Waals surface area contributed by atoms with Crippen molar-refractivity contribution < 1.29 is 0 Å². The molecule has 2 aromatic heterocycles. The van der Waals surface area contributed by atoms with Gasteiger partial charge in [-0.25, -0.2) is 15.0 Å². The van der Waals surface area contributed by atoms with Crippen LogP contribution in [0.3, 0.4) is 0 Å². The molecule has 11 aromatic rings. The smallest absolute Gasteiger partial charge is 0.164 e. The summed E-state index contributed by atoms with van der Waals surface area (Å²) in [7, 11) is 0. The third-order valence-corrected chi connectivity index (χ3v) is 13.6. The molecule has 0 atom stereocenters. The Morgan fingerprint density at radius 2 is 0.806 bits per heavy atom. The van der Waals surface area contributed by atoms with Gasteiger partial charge < -0.3 is 0 Å². The Kier molecular flexibility index (Phi) is 8.58. The number of benzene rings is 9. The maximum atomic E-state index is 5.42. The monoisotopic (exact) mass is 807 g/mol. The Labute approximate surface area is 364 Å². The molecule has 4 heteroatoms. The van der Waals surface area contributed by atoms with Gasteiger partial charge in [0.25, 0.3) is 0 Å². The highest BCUT2D eigenvalue weighted by Gasteiger charge is 2.47. The van der Waals surface area contributed by atoms with Gasteiger partial charge in [0.1, 0.15) is 0 Å². The van der Waals surface area contributed by atoms with Crippen LogP contribution < -0.4 is 0 Å². The van der Waals surface area contributed by atoms with Crippen LogP contribution in [0.5, 0.6) is 0 Å². The molecule has 0 bridgehead atoms. The summed E-state index contributed by atoms with van der Waals surface area (Å²) in [4.78, 5) is 16.1. The summed E-state index contributed by atoms with van der Waals surface area (Å²) in [6.45, 7) is 0. The summed E-state index contributed by atoms with van der Waals surface area (Å²) in [5, 5.41) is 2.61. The van der Waals surface area contributed by atoms with Gasteiger partial charge in [-0.2, -0.15) is 0 Å². The third kappa shape index (κ3) is 5.83. The van der Waals surface area contributed by atoms with Gasteiger partial charge in [0.15, 0.2) is 17.5 Å². The zero-order valence-electron chi connectivity index (χ0n) is 33.6. The van der Waals surface area contributed by atoms with Crippen LogP contribution in [-0.2, 0) is 5.41 Å². The molecule has 0 radical (unpaired) electrons. The number of thiophene rings is 1. The third-order valence-electron chi connectivity index (χ3n) is 12.4. The predicted octanol–water partition coefficient (Wildman–Crippen LogP) is 14.9. The summed E-state index contributed by atoms with van der Waals surface area (Å²) in [6.07, 6.45) is 0. The fourth-order valence-corrected chi connectivity index (χ4v) is 10.8. The van der Waals surface area contributed by atoms with Crippen LogP contribution in [0.15, 0.2) is 224 Å². The van der Waals surface area contributed by atoms with Crippen molar-refractivity contribution in [3.63, 3.8) is 0 Å². The summed E-state index contributed by atoms with van der Waals surface area (Å²) >= 11 is 1.84. The molecule has 9 aromatic carbocycles. The quantitative estimate of drug-likeness (QED) is 0.161. The molecule has 0 N–H and O–H groups in total. The molecule has 0 aliphatic heterocycles. The van der Waals surface area contributed by atoms with E-state index in [1.165, 1.54) is 59.1 Å². The first kappa shape index (κ1) is 36.1. The first-order valence-electron chi connectivity index (χ1n) is 21.0. The average molecular weight is 808 g/mol. The fraction of sp³-hybridized carbons (Fsp3) is 0.0172. The Bertz CT molecular complexity index is 3410. The maximum Gasteiger partial charge on any atom is 0.164 e. The largest absolute Gasteiger partial charge is 0.208 e. The average Bonchev–Trinajstić information content (AvgIpc) is 3.88. The second-order valence-electron chi connectivity index (χ2n) is 15.9. The van der Waals surface area contributed by atoms with E-state index in [0.717, 1.165) is 33.4 Å². The second-order valence-corrected chi connectivity index (χ2v) is 17.0. The lowest BCUT2D eigenvalue weighted by atomic mass is 9.66. The summed E-state index contributed by atoms with van der Waals surface area (Å²) < 4.78 is 2.60. The van der Waals surface area contributed by atoms with E-state index in [0.29, 0.717) is 17.5 Å². The standard InChI is InChI=1S/C58H37N3S/c1-4-16-38(17-5-1)41-18-14-19-43(36-41)56-59-55(40-32-30-39(31-33-40)42-34-35-48-47-25-11-13-29-52(47)62-53(48)37-42)60-57(61-56)50-27-15-26-49-46-24-10-12-28-51(46)58(54(49)50,44-20-6-2-7-21-44)45-22-8-3-9-23-45/h1-37H. The fourth-order valence-electron chi connectivity index (χ4n) is 9.63. The zero-order valence-corrected chi connectivity index (χ0v) is 34.4. The molecule has 62 heavy (non-hydrogen) atoms. The molecule has 0 saturated heterocycles. The van der Waals surface area contributed by atoms with E-state index in [2.05, 4.69) is 218 Å². The number of fused-ring (bicyclic) bond motifs is 6. The van der Waals surface area contributed by atoms with E-state index in [4.69, 9.17) is 15.0 Å². The van der Waals surface area contributed by atoms with Crippen molar-refractivity contribution in [3.05, 3.63) is 247 Å². The van der Waals surface area contributed by atoms with Crippen LogP contribution in [0.4, 0.5) is 0 Å². The van der Waals surface area contributed by atoms with Crippen LogP contribution in [0, 0.1) is 0 Å². The lowest BCUT2D eigenvalue weighted by Gasteiger charge is -2.35. The van der Waals surface area contributed by atoms with E-state index in [-0.39, 0.29) is 0 Å². The second kappa shape index (κ2) is 14.7. The van der Waals surface area contributed by atoms with E-state index in [1.807, 2.05) is 17.4 Å². The van der Waals surface area contributed by atoms with E-state index in [9.17, 15) is 0 Å². The van der Waals surface area contributed by atoms with Crippen molar-refractivity contribution in [2.24, 2.45) is 0 Å². The van der Waals surface area contributed by atoms with Crippen molar-refractivity contribution >= 4 is 31.5 Å². The molecule has 1 aliphatic carbocycles. The van der Waals surface area contributed by atoms with Gasteiger partial charge in [-0.3, -0.25) is 0 Å². The van der Waals surface area contributed by atoms with Crippen LogP contribution in [0.25, 0.3) is 87.7 Å². The predicted molar refractivity (Wildman–Crippen MR) is 257 cm³/mol. The molecule has 0 amide bonds. The molecule has 0 spiro atoms. The minimum absolute atomic E-state index is 0.623. The Balaban J connectivity index is 1.06. The summed E-state index contributed by atoms with van der Waals surface area (Å²) in [5.74, 6) is 1.88. The topological polar surface area (TPSA) is 38.7 Å². The first-order chi connectivity index (χ1) is 30.7. The Morgan fingerprint density at radius 3 is 1.58 bits per heavy atom. The zero-order chi connectivity index (χ0) is 41.0. The minimum Gasteiger partial charge on any atom is -0.208 e. The Morgan fingerprint density at radius 1 is 0.306 bits per heavy atom. The van der Waals surface area contributed by atoms with Crippen molar-refractivity contribution in [1.82, 2.24) is 15.0 Å². The molecule has 0 fully saturated rings. The minimum atomic E-state index is -0.623. The molecular weight excluding hydrogens is 771 g/mol.